The summed E-state index contributed by atoms with van der Waals surface area (Å²) >= 11 is 0. The molecule has 0 atom stereocenters. The second kappa shape index (κ2) is 11.8. The molecule has 6 aromatic rings. The molecule has 2 nitrogen and oxygen atoms in total. The third-order valence-corrected chi connectivity index (χ3v) is 12.7. The average molecular weight is 691 g/mol. The molecular formula is C51H46O2. The molecule has 0 unspecified atom stereocenters. The Morgan fingerprint density at radius 1 is 0.509 bits per heavy atom. The zero-order valence-corrected chi connectivity index (χ0v) is 31.7. The van der Waals surface area contributed by atoms with Gasteiger partial charge in [0.2, 0.25) is 0 Å². The van der Waals surface area contributed by atoms with Crippen LogP contribution in [0.5, 0.6) is 0 Å². The largest absolute Gasteiger partial charge is 0.463 e. The summed E-state index contributed by atoms with van der Waals surface area (Å²) in [6.07, 6.45) is 2.87. The lowest BCUT2D eigenvalue weighted by molar-refractivity contribution is -0.137. The van der Waals surface area contributed by atoms with Crippen LogP contribution < -0.4 is 0 Å². The number of carbonyl (C=O) groups is 1. The van der Waals surface area contributed by atoms with Crippen LogP contribution in [-0.2, 0) is 32.2 Å². The highest BCUT2D eigenvalue weighted by Gasteiger charge is 2.39. The highest BCUT2D eigenvalue weighted by atomic mass is 16.5. The van der Waals surface area contributed by atoms with Gasteiger partial charge in [0, 0.05) is 22.3 Å². The first kappa shape index (κ1) is 33.4. The number of hydrogen-bond donors (Lipinski definition) is 0. The number of esters is 1. The SMILES string of the molecule is C=CC(=O)OCCCc1ccc2c(c1)C(C)(C)c1cc(-c3ccc4c(c3)C(C)(C)c3cc(-c5ccc6c(c5)C(C)(C)c5ccccc5-6)ccc3-4)ccc1-2. The third-order valence-electron chi connectivity index (χ3n) is 12.7. The van der Waals surface area contributed by atoms with Gasteiger partial charge in [-0.05, 0) is 132 Å². The molecule has 3 aliphatic carbocycles. The minimum absolute atomic E-state index is 0.0202. The zero-order chi connectivity index (χ0) is 36.9. The molecule has 9 rings (SSSR count). The maximum absolute atomic E-state index is 11.4. The van der Waals surface area contributed by atoms with E-state index in [1.54, 1.807) is 0 Å². The van der Waals surface area contributed by atoms with Crippen molar-refractivity contribution in [3.8, 4) is 55.6 Å². The number of benzene rings is 6. The first-order chi connectivity index (χ1) is 25.4. The fourth-order valence-corrected chi connectivity index (χ4v) is 9.61. The summed E-state index contributed by atoms with van der Waals surface area (Å²) in [5, 5.41) is 0. The topological polar surface area (TPSA) is 26.3 Å². The van der Waals surface area contributed by atoms with Crippen LogP contribution in [0.3, 0.4) is 0 Å². The molecule has 3 aliphatic rings. The van der Waals surface area contributed by atoms with Crippen molar-refractivity contribution in [1.82, 2.24) is 0 Å². The van der Waals surface area contributed by atoms with Crippen LogP contribution in [0, 0.1) is 0 Å². The lowest BCUT2D eigenvalue weighted by Crippen LogP contribution is -2.16. The number of fused-ring (bicyclic) bond motifs is 9. The number of hydrogen-bond acceptors (Lipinski definition) is 2. The van der Waals surface area contributed by atoms with E-state index in [2.05, 4.69) is 163 Å². The Bertz CT molecular complexity index is 2520. The summed E-state index contributed by atoms with van der Waals surface area (Å²) in [6, 6.07) is 44.1. The van der Waals surface area contributed by atoms with Crippen molar-refractivity contribution in [2.45, 2.75) is 70.6 Å². The maximum Gasteiger partial charge on any atom is 0.330 e. The van der Waals surface area contributed by atoms with Crippen LogP contribution in [0.2, 0.25) is 0 Å². The van der Waals surface area contributed by atoms with E-state index in [0.29, 0.717) is 6.61 Å². The molecular weight excluding hydrogens is 645 g/mol. The number of rotatable bonds is 7. The monoisotopic (exact) mass is 690 g/mol. The van der Waals surface area contributed by atoms with Crippen LogP contribution in [0.25, 0.3) is 55.6 Å². The van der Waals surface area contributed by atoms with E-state index in [1.807, 2.05) is 0 Å². The van der Waals surface area contributed by atoms with E-state index in [1.165, 1.54) is 101 Å². The molecule has 0 amide bonds. The second-order valence-electron chi connectivity index (χ2n) is 16.8. The smallest absolute Gasteiger partial charge is 0.330 e. The zero-order valence-electron chi connectivity index (χ0n) is 31.7. The number of carbonyl (C=O) groups excluding carboxylic acids is 1. The summed E-state index contributed by atoms with van der Waals surface area (Å²) in [6.45, 7) is 18.1. The van der Waals surface area contributed by atoms with Crippen LogP contribution in [0.1, 0.15) is 86.9 Å². The second-order valence-corrected chi connectivity index (χ2v) is 16.8. The van der Waals surface area contributed by atoms with E-state index in [9.17, 15) is 4.79 Å². The molecule has 0 aliphatic heterocycles. The van der Waals surface area contributed by atoms with Crippen molar-refractivity contribution in [1.29, 1.82) is 0 Å². The van der Waals surface area contributed by atoms with Crippen LogP contribution in [0.4, 0.5) is 0 Å². The van der Waals surface area contributed by atoms with E-state index in [-0.39, 0.29) is 22.2 Å². The van der Waals surface area contributed by atoms with Gasteiger partial charge < -0.3 is 4.74 Å². The van der Waals surface area contributed by atoms with Gasteiger partial charge in [-0.25, -0.2) is 4.79 Å². The molecule has 6 aromatic carbocycles. The molecule has 0 spiro atoms. The Morgan fingerprint density at radius 2 is 0.887 bits per heavy atom. The normalized spacial score (nSPS) is 15.8. The molecule has 0 N–H and O–H groups in total. The summed E-state index contributed by atoms with van der Waals surface area (Å²) in [7, 11) is 0. The van der Waals surface area contributed by atoms with Gasteiger partial charge >= 0.3 is 5.97 Å². The molecule has 53 heavy (non-hydrogen) atoms. The summed E-state index contributed by atoms with van der Waals surface area (Å²) < 4.78 is 5.21. The van der Waals surface area contributed by atoms with Gasteiger partial charge in [0.05, 0.1) is 6.61 Å². The summed E-state index contributed by atoms with van der Waals surface area (Å²) in [5.41, 5.74) is 22.5. The predicted octanol–water partition coefficient (Wildman–Crippen LogP) is 12.6. The molecule has 2 heteroatoms. The summed E-state index contributed by atoms with van der Waals surface area (Å²) in [4.78, 5) is 11.4. The molecule has 0 saturated heterocycles. The highest BCUT2D eigenvalue weighted by molar-refractivity contribution is 5.89. The van der Waals surface area contributed by atoms with E-state index in [0.717, 1.165) is 12.8 Å². The van der Waals surface area contributed by atoms with Gasteiger partial charge in [0.15, 0.2) is 0 Å². The van der Waals surface area contributed by atoms with Gasteiger partial charge in [0.25, 0.3) is 0 Å². The molecule has 0 radical (unpaired) electrons. The molecule has 0 saturated carbocycles. The minimum atomic E-state index is -0.362. The Hall–Kier alpha value is -5.47. The predicted molar refractivity (Wildman–Crippen MR) is 219 cm³/mol. The molecule has 0 bridgehead atoms. The lowest BCUT2D eigenvalue weighted by atomic mass is 9.79. The van der Waals surface area contributed by atoms with E-state index < -0.39 is 0 Å². The molecule has 262 valence electrons. The van der Waals surface area contributed by atoms with Gasteiger partial charge in [-0.1, -0.05) is 139 Å². The van der Waals surface area contributed by atoms with Gasteiger partial charge in [-0.15, -0.1) is 0 Å². The summed E-state index contributed by atoms with van der Waals surface area (Å²) in [5.74, 6) is -0.362. The lowest BCUT2D eigenvalue weighted by Gasteiger charge is -2.24. The molecule has 0 heterocycles. The maximum atomic E-state index is 11.4. The van der Waals surface area contributed by atoms with Crippen LogP contribution >= 0.6 is 0 Å². The van der Waals surface area contributed by atoms with Crippen LogP contribution in [0.15, 0.2) is 128 Å². The Balaban J connectivity index is 1.01. The molecule has 0 aromatic heterocycles. The fourth-order valence-electron chi connectivity index (χ4n) is 9.61. The average Bonchev–Trinajstić information content (AvgIpc) is 3.64. The van der Waals surface area contributed by atoms with Gasteiger partial charge in [-0.2, -0.15) is 0 Å². The van der Waals surface area contributed by atoms with E-state index >= 15 is 0 Å². The Labute approximate surface area is 314 Å². The number of aryl methyl sites for hydroxylation is 1. The van der Waals surface area contributed by atoms with Crippen molar-refractivity contribution in [2.24, 2.45) is 0 Å². The quantitative estimate of drug-likeness (QED) is 0.0947. The van der Waals surface area contributed by atoms with Crippen molar-refractivity contribution >= 4 is 5.97 Å². The Morgan fingerprint density at radius 3 is 1.34 bits per heavy atom. The van der Waals surface area contributed by atoms with Crippen molar-refractivity contribution in [3.63, 3.8) is 0 Å². The van der Waals surface area contributed by atoms with Gasteiger partial charge in [-0.3, -0.25) is 0 Å². The standard InChI is InChI=1S/C51H46O2/c1-8-48(52)53-25-11-12-31-15-20-37-39-22-17-33(28-45(39)50(4,5)43(37)26-31)35-19-24-41-40-23-18-34(29-46(40)51(6,7)47(41)30-35)32-16-21-38-36-13-9-10-14-42(36)49(2,3)44(38)27-32/h8-10,13-24,26-30H,1,11-12,25H2,2-7H3. The highest BCUT2D eigenvalue weighted by Crippen LogP contribution is 2.54. The number of ether oxygens (including phenoxy) is 1. The minimum Gasteiger partial charge on any atom is -0.463 e. The Kier molecular flexibility index (Phi) is 7.41. The van der Waals surface area contributed by atoms with Crippen molar-refractivity contribution in [3.05, 3.63) is 167 Å². The fraction of sp³-hybridized carbons (Fsp3) is 0.235. The first-order valence-electron chi connectivity index (χ1n) is 19.0. The van der Waals surface area contributed by atoms with Crippen molar-refractivity contribution < 1.29 is 9.53 Å². The third kappa shape index (κ3) is 5.02. The van der Waals surface area contributed by atoms with Crippen LogP contribution in [-0.4, -0.2) is 12.6 Å². The first-order valence-corrected chi connectivity index (χ1v) is 19.0. The molecule has 0 fully saturated rings. The van der Waals surface area contributed by atoms with Crippen molar-refractivity contribution in [2.75, 3.05) is 6.61 Å². The van der Waals surface area contributed by atoms with E-state index in [4.69, 9.17) is 4.74 Å². The van der Waals surface area contributed by atoms with Gasteiger partial charge in [0.1, 0.15) is 0 Å².